The first-order chi connectivity index (χ1) is 15.6. The lowest BCUT2D eigenvalue weighted by molar-refractivity contribution is 0.0944. The summed E-state index contributed by atoms with van der Waals surface area (Å²) >= 11 is 6.08. The quantitative estimate of drug-likeness (QED) is 0.337. The highest BCUT2D eigenvalue weighted by Gasteiger charge is 2.18. The van der Waals surface area contributed by atoms with Gasteiger partial charge in [0.1, 0.15) is 11.3 Å². The second kappa shape index (κ2) is 10.0. The summed E-state index contributed by atoms with van der Waals surface area (Å²) in [5.74, 6) is -0.136. The maximum Gasteiger partial charge on any atom is 0.270 e. The molecule has 32 heavy (non-hydrogen) atoms. The molecule has 2 heterocycles. The van der Waals surface area contributed by atoms with Crippen molar-refractivity contribution >= 4 is 23.2 Å². The van der Waals surface area contributed by atoms with Gasteiger partial charge in [-0.1, -0.05) is 80.4 Å². The minimum absolute atomic E-state index is 0.136. The van der Waals surface area contributed by atoms with Gasteiger partial charge in [-0.3, -0.25) is 9.20 Å². The first kappa shape index (κ1) is 22.1. The van der Waals surface area contributed by atoms with Gasteiger partial charge in [0.15, 0.2) is 0 Å². The SMILES string of the molecule is CCCCc1ccc(-c2ccc(CNC(=O)c3c(CC)nc4cc(Cl)ccn34)cc2)cc1. The summed E-state index contributed by atoms with van der Waals surface area (Å²) in [6, 6.07) is 20.7. The molecule has 0 radical (unpaired) electrons. The van der Waals surface area contributed by atoms with Crippen molar-refractivity contribution in [3.63, 3.8) is 0 Å². The van der Waals surface area contributed by atoms with Crippen molar-refractivity contribution in [2.24, 2.45) is 0 Å². The zero-order valence-electron chi connectivity index (χ0n) is 18.6. The molecule has 4 rings (SSSR count). The molecule has 2 aromatic heterocycles. The van der Waals surface area contributed by atoms with Crippen LogP contribution in [0.4, 0.5) is 0 Å². The molecule has 1 amide bonds. The topological polar surface area (TPSA) is 46.4 Å². The largest absolute Gasteiger partial charge is 0.347 e. The highest BCUT2D eigenvalue weighted by Crippen LogP contribution is 2.22. The average molecular weight is 446 g/mol. The normalized spacial score (nSPS) is 11.1. The first-order valence-electron chi connectivity index (χ1n) is 11.2. The predicted molar refractivity (Wildman–Crippen MR) is 131 cm³/mol. The monoisotopic (exact) mass is 445 g/mol. The van der Waals surface area contributed by atoms with Gasteiger partial charge in [0, 0.05) is 23.8 Å². The van der Waals surface area contributed by atoms with Gasteiger partial charge in [-0.05, 0) is 47.6 Å². The highest BCUT2D eigenvalue weighted by atomic mass is 35.5. The third-order valence-corrected chi connectivity index (χ3v) is 5.96. The van der Waals surface area contributed by atoms with Gasteiger partial charge in [-0.25, -0.2) is 4.98 Å². The fourth-order valence-corrected chi connectivity index (χ4v) is 4.04. The van der Waals surface area contributed by atoms with Crippen LogP contribution in [-0.4, -0.2) is 15.3 Å². The van der Waals surface area contributed by atoms with Crippen LogP contribution in [-0.2, 0) is 19.4 Å². The van der Waals surface area contributed by atoms with Crippen LogP contribution in [0.1, 0.15) is 54.0 Å². The molecule has 4 aromatic rings. The molecular weight excluding hydrogens is 418 g/mol. The number of hydrogen-bond donors (Lipinski definition) is 1. The Bertz CT molecular complexity index is 1210. The van der Waals surface area contributed by atoms with E-state index in [4.69, 9.17) is 11.6 Å². The molecule has 5 heteroatoms. The molecule has 164 valence electrons. The number of imidazole rings is 1. The Kier molecular flexibility index (Phi) is 6.91. The number of amides is 1. The second-order valence-corrected chi connectivity index (χ2v) is 8.45. The van der Waals surface area contributed by atoms with E-state index in [1.807, 2.05) is 6.92 Å². The average Bonchev–Trinajstić information content (AvgIpc) is 3.19. The third kappa shape index (κ3) is 4.86. The van der Waals surface area contributed by atoms with Crippen LogP contribution in [0.2, 0.25) is 5.02 Å². The van der Waals surface area contributed by atoms with E-state index in [1.54, 1.807) is 22.7 Å². The zero-order chi connectivity index (χ0) is 22.5. The summed E-state index contributed by atoms with van der Waals surface area (Å²) in [5.41, 5.74) is 6.84. The second-order valence-electron chi connectivity index (χ2n) is 8.01. The van der Waals surface area contributed by atoms with Gasteiger partial charge in [0.25, 0.3) is 5.91 Å². The van der Waals surface area contributed by atoms with E-state index in [1.165, 1.54) is 29.5 Å². The van der Waals surface area contributed by atoms with E-state index < -0.39 is 0 Å². The number of fused-ring (bicyclic) bond motifs is 1. The first-order valence-corrected chi connectivity index (χ1v) is 11.6. The molecule has 0 saturated carbocycles. The summed E-state index contributed by atoms with van der Waals surface area (Å²) in [6.07, 6.45) is 6.04. The lowest BCUT2D eigenvalue weighted by Gasteiger charge is -2.09. The van der Waals surface area contributed by atoms with Crippen LogP contribution in [0.5, 0.6) is 0 Å². The van der Waals surface area contributed by atoms with Crippen LogP contribution in [0.15, 0.2) is 66.9 Å². The number of aryl methyl sites for hydroxylation is 2. The molecule has 0 aliphatic rings. The number of unbranched alkanes of at least 4 members (excludes halogenated alkanes) is 1. The van der Waals surface area contributed by atoms with Gasteiger partial charge < -0.3 is 5.32 Å². The van der Waals surface area contributed by atoms with Crippen molar-refractivity contribution in [1.82, 2.24) is 14.7 Å². The zero-order valence-corrected chi connectivity index (χ0v) is 19.3. The molecule has 1 N–H and O–H groups in total. The maximum atomic E-state index is 12.9. The van der Waals surface area contributed by atoms with Crippen LogP contribution < -0.4 is 5.32 Å². The minimum Gasteiger partial charge on any atom is -0.347 e. The van der Waals surface area contributed by atoms with Crippen LogP contribution >= 0.6 is 11.6 Å². The van der Waals surface area contributed by atoms with Crippen molar-refractivity contribution < 1.29 is 4.79 Å². The van der Waals surface area contributed by atoms with Crippen molar-refractivity contribution in [3.05, 3.63) is 94.4 Å². The number of carbonyl (C=O) groups excluding carboxylic acids is 1. The number of nitrogens with zero attached hydrogens (tertiary/aromatic N) is 2. The predicted octanol–water partition coefficient (Wildman–Crippen LogP) is 6.49. The van der Waals surface area contributed by atoms with Gasteiger partial charge >= 0.3 is 0 Å². The van der Waals surface area contributed by atoms with Gasteiger partial charge in [0.2, 0.25) is 0 Å². The molecule has 4 nitrogen and oxygen atoms in total. The third-order valence-electron chi connectivity index (χ3n) is 5.72. The van der Waals surface area contributed by atoms with Crippen LogP contribution in [0, 0.1) is 0 Å². The fraction of sp³-hybridized carbons (Fsp3) is 0.259. The van der Waals surface area contributed by atoms with Crippen molar-refractivity contribution in [3.8, 4) is 11.1 Å². The van der Waals surface area contributed by atoms with Crippen LogP contribution in [0.3, 0.4) is 0 Å². The molecule has 0 aliphatic heterocycles. The lowest BCUT2D eigenvalue weighted by atomic mass is 10.0. The van der Waals surface area contributed by atoms with Crippen LogP contribution in [0.25, 0.3) is 16.8 Å². The van der Waals surface area contributed by atoms with Gasteiger partial charge in [-0.2, -0.15) is 0 Å². The van der Waals surface area contributed by atoms with E-state index >= 15 is 0 Å². The number of rotatable bonds is 8. The van der Waals surface area contributed by atoms with E-state index in [9.17, 15) is 4.79 Å². The summed E-state index contributed by atoms with van der Waals surface area (Å²) in [7, 11) is 0. The Labute approximate surface area is 194 Å². The lowest BCUT2D eigenvalue weighted by Crippen LogP contribution is -2.25. The van der Waals surface area contributed by atoms with Crippen molar-refractivity contribution in [1.29, 1.82) is 0 Å². The van der Waals surface area contributed by atoms with Crippen molar-refractivity contribution in [2.45, 2.75) is 46.1 Å². The number of halogens is 1. The number of nitrogens with one attached hydrogen (secondary N) is 1. The van der Waals surface area contributed by atoms with E-state index in [2.05, 4.69) is 65.8 Å². The van der Waals surface area contributed by atoms with E-state index in [0.717, 1.165) is 17.7 Å². The standard InChI is InChI=1S/C27H28ClN3O/c1-3-5-6-19-7-11-21(12-8-19)22-13-9-20(10-14-22)18-29-27(32)26-24(4-2)30-25-17-23(28)15-16-31(25)26/h7-17H,3-6,18H2,1-2H3,(H,29,32). The van der Waals surface area contributed by atoms with Gasteiger partial charge in [0.05, 0.1) is 5.69 Å². The molecule has 0 atom stereocenters. The van der Waals surface area contributed by atoms with Gasteiger partial charge in [-0.15, -0.1) is 0 Å². The minimum atomic E-state index is -0.136. The summed E-state index contributed by atoms with van der Waals surface area (Å²) in [4.78, 5) is 17.5. The molecule has 0 spiro atoms. The molecule has 0 bridgehead atoms. The number of carbonyl (C=O) groups is 1. The fourth-order valence-electron chi connectivity index (χ4n) is 3.88. The number of pyridine rings is 1. The smallest absolute Gasteiger partial charge is 0.270 e. The van der Waals surface area contributed by atoms with Crippen molar-refractivity contribution in [2.75, 3.05) is 0 Å². The molecule has 0 fully saturated rings. The number of aromatic nitrogens is 2. The Morgan fingerprint density at radius 1 is 0.969 bits per heavy atom. The molecule has 2 aromatic carbocycles. The summed E-state index contributed by atoms with van der Waals surface area (Å²) in [6.45, 7) is 4.67. The Hall–Kier alpha value is -3.11. The van der Waals surface area contributed by atoms with E-state index in [-0.39, 0.29) is 5.91 Å². The Morgan fingerprint density at radius 3 is 2.25 bits per heavy atom. The molecule has 0 aliphatic carbocycles. The molecular formula is C27H28ClN3O. The Morgan fingerprint density at radius 2 is 1.62 bits per heavy atom. The molecule has 0 saturated heterocycles. The number of hydrogen-bond acceptors (Lipinski definition) is 2. The summed E-state index contributed by atoms with van der Waals surface area (Å²) in [5, 5.41) is 3.64. The number of benzene rings is 2. The molecule has 0 unspecified atom stereocenters. The summed E-state index contributed by atoms with van der Waals surface area (Å²) < 4.78 is 1.80. The highest BCUT2D eigenvalue weighted by molar-refractivity contribution is 6.30. The maximum absolute atomic E-state index is 12.9. The van der Waals surface area contributed by atoms with E-state index in [0.29, 0.717) is 29.3 Å². The Balaban J connectivity index is 1.43.